The van der Waals surface area contributed by atoms with Gasteiger partial charge in [0.05, 0.1) is 12.7 Å². The van der Waals surface area contributed by atoms with Crippen LogP contribution in [0.3, 0.4) is 0 Å². The Bertz CT molecular complexity index is 642. The van der Waals surface area contributed by atoms with Crippen molar-refractivity contribution in [2.24, 2.45) is 0 Å². The summed E-state index contributed by atoms with van der Waals surface area (Å²) in [6, 6.07) is 4.15. The Morgan fingerprint density at radius 3 is 2.81 bits per heavy atom. The van der Waals surface area contributed by atoms with Crippen LogP contribution in [0.1, 0.15) is 10.4 Å². The number of nitrogens with zero attached hydrogens (tertiary/aromatic N) is 1. The minimum Gasteiger partial charge on any atom is -0.493 e. The molecule has 110 valence electrons. The lowest BCUT2D eigenvalue weighted by molar-refractivity contribution is -0.118. The predicted molar refractivity (Wildman–Crippen MR) is 76.2 cm³/mol. The highest BCUT2D eigenvalue weighted by molar-refractivity contribution is 7.13. The maximum Gasteiger partial charge on any atom is 0.335 e. The van der Waals surface area contributed by atoms with Gasteiger partial charge < -0.3 is 14.6 Å². The van der Waals surface area contributed by atoms with Gasteiger partial charge in [0.25, 0.3) is 5.91 Å². The Kier molecular flexibility index (Phi) is 4.72. The van der Waals surface area contributed by atoms with Crippen LogP contribution in [0.15, 0.2) is 29.8 Å². The number of carboxylic acid groups (broad SMARTS) is 1. The summed E-state index contributed by atoms with van der Waals surface area (Å²) in [5.41, 5.74) is 0.0754. The molecule has 7 nitrogen and oxygen atoms in total. The van der Waals surface area contributed by atoms with E-state index in [9.17, 15) is 9.59 Å². The van der Waals surface area contributed by atoms with E-state index in [0.29, 0.717) is 5.13 Å². The molecule has 1 aromatic carbocycles. The van der Waals surface area contributed by atoms with E-state index in [4.69, 9.17) is 14.6 Å². The molecule has 0 aliphatic carbocycles. The Labute approximate surface area is 124 Å². The summed E-state index contributed by atoms with van der Waals surface area (Å²) in [4.78, 5) is 26.4. The summed E-state index contributed by atoms with van der Waals surface area (Å²) in [5, 5.41) is 13.7. The van der Waals surface area contributed by atoms with Gasteiger partial charge in [0.15, 0.2) is 23.2 Å². The van der Waals surface area contributed by atoms with Gasteiger partial charge in [0.2, 0.25) is 0 Å². The normalized spacial score (nSPS) is 9.95. The number of hydrogen-bond acceptors (Lipinski definition) is 6. The van der Waals surface area contributed by atoms with E-state index in [0.717, 1.165) is 0 Å². The summed E-state index contributed by atoms with van der Waals surface area (Å²) < 4.78 is 10.4. The molecule has 0 aliphatic rings. The number of methoxy groups -OCH3 is 1. The SMILES string of the molecule is COc1cc(C(=O)O)ccc1OCC(=O)Nc1nccs1. The molecule has 0 radical (unpaired) electrons. The lowest BCUT2D eigenvalue weighted by Gasteiger charge is -2.10. The maximum absolute atomic E-state index is 11.7. The monoisotopic (exact) mass is 308 g/mol. The summed E-state index contributed by atoms with van der Waals surface area (Å²) in [6.07, 6.45) is 1.58. The number of carbonyl (C=O) groups excluding carboxylic acids is 1. The summed E-state index contributed by atoms with van der Waals surface area (Å²) in [7, 11) is 1.39. The number of aromatic carboxylic acids is 1. The molecule has 0 bridgehead atoms. The fourth-order valence-corrected chi connectivity index (χ4v) is 2.05. The molecule has 0 saturated carbocycles. The molecular formula is C13H12N2O5S. The molecule has 0 atom stereocenters. The van der Waals surface area contributed by atoms with Crippen LogP contribution < -0.4 is 14.8 Å². The molecule has 21 heavy (non-hydrogen) atoms. The van der Waals surface area contributed by atoms with E-state index in [1.54, 1.807) is 11.6 Å². The van der Waals surface area contributed by atoms with E-state index in [-0.39, 0.29) is 29.6 Å². The van der Waals surface area contributed by atoms with Crippen molar-refractivity contribution in [2.45, 2.75) is 0 Å². The lowest BCUT2D eigenvalue weighted by Crippen LogP contribution is -2.20. The third-order valence-electron chi connectivity index (χ3n) is 2.45. The molecular weight excluding hydrogens is 296 g/mol. The van der Waals surface area contributed by atoms with Crippen molar-refractivity contribution < 1.29 is 24.2 Å². The van der Waals surface area contributed by atoms with Crippen molar-refractivity contribution in [2.75, 3.05) is 19.0 Å². The number of ether oxygens (including phenoxy) is 2. The number of carbonyl (C=O) groups is 2. The summed E-state index contributed by atoms with van der Waals surface area (Å²) in [5.74, 6) is -0.899. The quantitative estimate of drug-likeness (QED) is 0.845. The van der Waals surface area contributed by atoms with E-state index >= 15 is 0 Å². The van der Waals surface area contributed by atoms with E-state index in [1.807, 2.05) is 0 Å². The van der Waals surface area contributed by atoms with Gasteiger partial charge in [0, 0.05) is 11.6 Å². The van der Waals surface area contributed by atoms with Gasteiger partial charge in [-0.15, -0.1) is 11.3 Å². The summed E-state index contributed by atoms with van der Waals surface area (Å²) >= 11 is 1.30. The zero-order chi connectivity index (χ0) is 15.2. The standard InChI is InChI=1S/C13H12N2O5S/c1-19-10-6-8(12(17)18)2-3-9(10)20-7-11(16)15-13-14-4-5-21-13/h2-6H,7H2,1H3,(H,17,18)(H,14,15,16). The number of rotatable bonds is 6. The van der Waals surface area contributed by atoms with Crippen molar-refractivity contribution in [1.82, 2.24) is 4.98 Å². The first-order valence-electron chi connectivity index (χ1n) is 5.83. The highest BCUT2D eigenvalue weighted by atomic mass is 32.1. The third-order valence-corrected chi connectivity index (χ3v) is 3.14. The maximum atomic E-state index is 11.7. The fraction of sp³-hybridized carbons (Fsp3) is 0.154. The molecule has 1 heterocycles. The molecule has 2 aromatic rings. The topological polar surface area (TPSA) is 97.8 Å². The predicted octanol–water partition coefficient (Wildman–Crippen LogP) is 1.87. The van der Waals surface area contributed by atoms with Crippen molar-refractivity contribution in [3.8, 4) is 11.5 Å². The first-order valence-corrected chi connectivity index (χ1v) is 6.71. The van der Waals surface area contributed by atoms with Crippen LogP contribution in [0.25, 0.3) is 0 Å². The molecule has 0 unspecified atom stereocenters. The second kappa shape index (κ2) is 6.71. The van der Waals surface area contributed by atoms with Gasteiger partial charge in [0.1, 0.15) is 0 Å². The van der Waals surface area contributed by atoms with Crippen molar-refractivity contribution in [3.05, 3.63) is 35.3 Å². The number of carboxylic acids is 1. The van der Waals surface area contributed by atoms with Crippen molar-refractivity contribution >= 4 is 28.3 Å². The minimum absolute atomic E-state index is 0.0754. The number of nitrogens with one attached hydrogen (secondary N) is 1. The van der Waals surface area contributed by atoms with Crippen LogP contribution in [0.5, 0.6) is 11.5 Å². The van der Waals surface area contributed by atoms with Crippen LogP contribution in [-0.4, -0.2) is 35.7 Å². The van der Waals surface area contributed by atoms with E-state index < -0.39 is 5.97 Å². The van der Waals surface area contributed by atoms with Gasteiger partial charge in [-0.05, 0) is 18.2 Å². The molecule has 1 amide bonds. The van der Waals surface area contributed by atoms with E-state index in [2.05, 4.69) is 10.3 Å². The third kappa shape index (κ3) is 3.93. The van der Waals surface area contributed by atoms with Crippen molar-refractivity contribution in [3.63, 3.8) is 0 Å². The average molecular weight is 308 g/mol. The van der Waals surface area contributed by atoms with Crippen LogP contribution in [-0.2, 0) is 4.79 Å². The van der Waals surface area contributed by atoms with Crippen LogP contribution in [0, 0.1) is 0 Å². The number of benzene rings is 1. The van der Waals surface area contributed by atoms with Gasteiger partial charge in [-0.25, -0.2) is 9.78 Å². The molecule has 0 spiro atoms. The number of amides is 1. The second-order valence-electron chi connectivity index (χ2n) is 3.84. The highest BCUT2D eigenvalue weighted by Gasteiger charge is 2.12. The molecule has 2 N–H and O–H groups in total. The Morgan fingerprint density at radius 1 is 1.38 bits per heavy atom. The molecule has 1 aromatic heterocycles. The number of hydrogen-bond donors (Lipinski definition) is 2. The average Bonchev–Trinajstić information content (AvgIpc) is 2.97. The van der Waals surface area contributed by atoms with Crippen molar-refractivity contribution in [1.29, 1.82) is 0 Å². The van der Waals surface area contributed by atoms with Gasteiger partial charge in [-0.1, -0.05) is 0 Å². The molecule has 8 heteroatoms. The van der Waals surface area contributed by atoms with Gasteiger partial charge >= 0.3 is 5.97 Å². The smallest absolute Gasteiger partial charge is 0.335 e. The fourth-order valence-electron chi connectivity index (χ4n) is 1.50. The first-order chi connectivity index (χ1) is 10.1. The molecule has 0 aliphatic heterocycles. The Hall–Kier alpha value is -2.61. The summed E-state index contributed by atoms with van der Waals surface area (Å²) in [6.45, 7) is -0.234. The minimum atomic E-state index is -1.07. The number of aromatic nitrogens is 1. The molecule has 0 saturated heterocycles. The molecule has 0 fully saturated rings. The second-order valence-corrected chi connectivity index (χ2v) is 4.74. The van der Waals surface area contributed by atoms with Gasteiger partial charge in [-0.3, -0.25) is 10.1 Å². The molecule has 2 rings (SSSR count). The van der Waals surface area contributed by atoms with E-state index in [1.165, 1.54) is 36.6 Å². The zero-order valence-corrected chi connectivity index (χ0v) is 11.8. The zero-order valence-electron chi connectivity index (χ0n) is 11.0. The number of thiazole rings is 1. The largest absolute Gasteiger partial charge is 0.493 e. The lowest BCUT2D eigenvalue weighted by atomic mass is 10.2. The Morgan fingerprint density at radius 2 is 2.19 bits per heavy atom. The Balaban J connectivity index is 1.99. The van der Waals surface area contributed by atoms with Crippen LogP contribution in [0.4, 0.5) is 5.13 Å². The van der Waals surface area contributed by atoms with Crippen LogP contribution >= 0.6 is 11.3 Å². The van der Waals surface area contributed by atoms with Gasteiger partial charge in [-0.2, -0.15) is 0 Å². The van der Waals surface area contributed by atoms with Crippen LogP contribution in [0.2, 0.25) is 0 Å². The number of anilines is 1. The highest BCUT2D eigenvalue weighted by Crippen LogP contribution is 2.28. The first kappa shape index (κ1) is 14.8.